The van der Waals surface area contributed by atoms with E-state index in [0.717, 1.165) is 39.3 Å². The molecule has 0 aliphatic heterocycles. The third kappa shape index (κ3) is 6.89. The number of nitrogens with zero attached hydrogens (tertiary/aromatic N) is 4. The van der Waals surface area contributed by atoms with Gasteiger partial charge in [-0.1, -0.05) is 48.5 Å². The quantitative estimate of drug-likeness (QED) is 0.0781. The minimum atomic E-state index is 0.390. The largest absolute Gasteiger partial charge is 0.429 e. The first-order chi connectivity index (χ1) is 19.7. The molecule has 0 N–H and O–H groups in total. The van der Waals surface area contributed by atoms with Crippen molar-refractivity contribution in [1.82, 2.24) is 0 Å². The monoisotopic (exact) mass is 528 g/mol. The number of hydrogen-bond donors (Lipinski definition) is 0. The molecule has 0 atom stereocenters. The van der Waals surface area contributed by atoms with Crippen molar-refractivity contribution < 1.29 is 19.3 Å². The van der Waals surface area contributed by atoms with Gasteiger partial charge >= 0.3 is 0 Å². The Hall–Kier alpha value is -5.47. The van der Waals surface area contributed by atoms with Gasteiger partial charge in [0.2, 0.25) is 0 Å². The van der Waals surface area contributed by atoms with Crippen molar-refractivity contribution in [3.8, 4) is 33.8 Å². The molecular weight excluding hydrogens is 504 g/mol. The zero-order chi connectivity index (χ0) is 27.6. The zero-order valence-corrected chi connectivity index (χ0v) is 21.5. The van der Waals surface area contributed by atoms with Crippen molar-refractivity contribution in [2.24, 2.45) is 20.5 Å². The van der Waals surface area contributed by atoms with Crippen LogP contribution in [0.3, 0.4) is 0 Å². The Kier molecular flexibility index (Phi) is 8.41. The van der Waals surface area contributed by atoms with Crippen LogP contribution in [0.1, 0.15) is 0 Å². The minimum Gasteiger partial charge on any atom is -0.429 e. The van der Waals surface area contributed by atoms with Crippen LogP contribution >= 0.6 is 0 Å². The fourth-order valence-electron chi connectivity index (χ4n) is 3.84. The van der Waals surface area contributed by atoms with Gasteiger partial charge in [-0.25, -0.2) is 0 Å². The third-order valence-electron chi connectivity index (χ3n) is 5.89. The average molecular weight is 529 g/mol. The lowest BCUT2D eigenvalue weighted by Gasteiger charge is -2.06. The summed E-state index contributed by atoms with van der Waals surface area (Å²) in [5.74, 6) is 1.06. The molecule has 0 aliphatic carbocycles. The lowest BCUT2D eigenvalue weighted by molar-refractivity contribution is -0.178. The molecule has 5 aromatic rings. The molecule has 0 aromatic heterocycles. The lowest BCUT2D eigenvalue weighted by atomic mass is 10.00. The van der Waals surface area contributed by atoms with Crippen molar-refractivity contribution >= 4 is 29.2 Å². The number of carbonyl (C=O) groups excluding carboxylic acids is 1. The van der Waals surface area contributed by atoms with Crippen LogP contribution in [0.2, 0.25) is 0 Å². The van der Waals surface area contributed by atoms with Crippen molar-refractivity contribution in [2.75, 3.05) is 7.11 Å². The van der Waals surface area contributed by atoms with Gasteiger partial charge in [0, 0.05) is 0 Å². The first-order valence-electron chi connectivity index (χ1n) is 12.4. The van der Waals surface area contributed by atoms with Crippen molar-refractivity contribution in [3.05, 3.63) is 121 Å². The van der Waals surface area contributed by atoms with Gasteiger partial charge in [-0.2, -0.15) is 25.3 Å². The molecule has 5 aromatic carbocycles. The molecule has 0 saturated carbocycles. The summed E-state index contributed by atoms with van der Waals surface area (Å²) in [6.07, 6.45) is 0. The maximum Gasteiger partial charge on any atom is 0.298 e. The van der Waals surface area contributed by atoms with Gasteiger partial charge in [-0.05, 0) is 95.1 Å². The molecule has 8 heteroatoms. The molecule has 0 radical (unpaired) electrons. The van der Waals surface area contributed by atoms with Crippen LogP contribution in [0.15, 0.2) is 142 Å². The summed E-state index contributed by atoms with van der Waals surface area (Å²) >= 11 is 0. The smallest absolute Gasteiger partial charge is 0.298 e. The van der Waals surface area contributed by atoms with Gasteiger partial charge in [0.1, 0.15) is 5.75 Å². The van der Waals surface area contributed by atoms with E-state index >= 15 is 0 Å². The van der Waals surface area contributed by atoms with E-state index in [1.54, 1.807) is 48.5 Å². The highest BCUT2D eigenvalue weighted by atomic mass is 17.2. The van der Waals surface area contributed by atoms with Crippen LogP contribution in [0.5, 0.6) is 11.5 Å². The molecule has 40 heavy (non-hydrogen) atoms. The van der Waals surface area contributed by atoms with E-state index in [-0.39, 0.29) is 0 Å². The van der Waals surface area contributed by atoms with E-state index in [0.29, 0.717) is 23.7 Å². The fraction of sp³-hybridized carbons (Fsp3) is 0.0312. The molecule has 0 heterocycles. The van der Waals surface area contributed by atoms with Gasteiger partial charge in [-0.15, -0.1) is 0 Å². The Morgan fingerprint density at radius 3 is 1.07 bits per heavy atom. The molecule has 5 rings (SSSR count). The molecule has 196 valence electrons. The second-order valence-electron chi connectivity index (χ2n) is 8.52. The Bertz CT molecular complexity index is 1600. The van der Waals surface area contributed by atoms with Gasteiger partial charge in [0.15, 0.2) is 5.75 Å². The van der Waals surface area contributed by atoms with Gasteiger partial charge in [-0.3, -0.25) is 4.79 Å². The van der Waals surface area contributed by atoms with E-state index in [9.17, 15) is 4.79 Å². The summed E-state index contributed by atoms with van der Waals surface area (Å²) in [5.41, 5.74) is 7.27. The van der Waals surface area contributed by atoms with Crippen LogP contribution in [-0.4, -0.2) is 13.6 Å². The summed E-state index contributed by atoms with van der Waals surface area (Å²) in [5, 5.41) is 17.1. The predicted molar refractivity (Wildman–Crippen MR) is 153 cm³/mol. The Balaban J connectivity index is 1.20. The number of benzene rings is 5. The lowest BCUT2D eigenvalue weighted by Crippen LogP contribution is -1.88. The number of hydrogen-bond acceptors (Lipinski definition) is 8. The van der Waals surface area contributed by atoms with Crippen molar-refractivity contribution in [1.29, 1.82) is 0 Å². The maximum absolute atomic E-state index is 10.4. The van der Waals surface area contributed by atoms with Gasteiger partial charge < -0.3 is 9.62 Å². The topological polar surface area (TPSA) is 94.2 Å². The molecule has 0 aliphatic rings. The maximum atomic E-state index is 10.4. The normalized spacial score (nSPS) is 11.1. The van der Waals surface area contributed by atoms with Crippen LogP contribution in [0.4, 0.5) is 22.7 Å². The fourth-order valence-corrected chi connectivity index (χ4v) is 3.84. The SMILES string of the molecule is COOc1ccc(N=Nc2ccc(-c3ccc(-c4ccc(N=Nc5ccc(OC=O)cc5)cc4)cc3)cc2)cc1. The zero-order valence-electron chi connectivity index (χ0n) is 21.5. The minimum absolute atomic E-state index is 0.390. The van der Waals surface area contributed by atoms with Gasteiger partial charge in [0.25, 0.3) is 6.47 Å². The van der Waals surface area contributed by atoms with Crippen molar-refractivity contribution in [3.63, 3.8) is 0 Å². The molecule has 0 bridgehead atoms. The summed E-state index contributed by atoms with van der Waals surface area (Å²) in [6.45, 7) is 0.390. The molecule has 0 saturated heterocycles. The van der Waals surface area contributed by atoms with E-state index < -0.39 is 0 Å². The molecule has 0 unspecified atom stereocenters. The second-order valence-corrected chi connectivity index (χ2v) is 8.52. The number of azo groups is 2. The summed E-state index contributed by atoms with van der Waals surface area (Å²) in [7, 11) is 1.46. The first-order valence-corrected chi connectivity index (χ1v) is 12.4. The molecule has 0 spiro atoms. The predicted octanol–water partition coefficient (Wildman–Crippen LogP) is 9.33. The van der Waals surface area contributed by atoms with Crippen LogP contribution in [0.25, 0.3) is 22.3 Å². The standard InChI is InChI=1S/C32H24N4O4/c1-38-40-32-20-16-30(17-21-32)36-34-28-12-8-26(9-13-28)24-4-2-23(3-5-24)25-6-10-27(11-7-25)33-35-29-14-18-31(19-15-29)39-22-37/h2-22H,1H3. The van der Waals surface area contributed by atoms with E-state index in [1.807, 2.05) is 48.5 Å². The summed E-state index contributed by atoms with van der Waals surface area (Å²) in [6, 6.07) is 38.1. The summed E-state index contributed by atoms with van der Waals surface area (Å²) < 4.78 is 4.78. The van der Waals surface area contributed by atoms with E-state index in [2.05, 4.69) is 49.6 Å². The molecular formula is C32H24N4O4. The average Bonchev–Trinajstić information content (AvgIpc) is 3.01. The van der Waals surface area contributed by atoms with Crippen LogP contribution in [0, 0.1) is 0 Å². The Morgan fingerprint density at radius 1 is 0.450 bits per heavy atom. The van der Waals surface area contributed by atoms with Crippen LogP contribution in [-0.2, 0) is 9.68 Å². The molecule has 8 nitrogen and oxygen atoms in total. The number of carbonyl (C=O) groups is 1. The van der Waals surface area contributed by atoms with Crippen molar-refractivity contribution in [2.45, 2.75) is 0 Å². The van der Waals surface area contributed by atoms with E-state index in [1.165, 1.54) is 7.11 Å². The number of rotatable bonds is 10. The second kappa shape index (κ2) is 12.9. The molecule has 0 amide bonds. The van der Waals surface area contributed by atoms with Crippen LogP contribution < -0.4 is 9.62 Å². The molecule has 0 fully saturated rings. The van der Waals surface area contributed by atoms with E-state index in [4.69, 9.17) is 9.62 Å². The summed E-state index contributed by atoms with van der Waals surface area (Å²) in [4.78, 5) is 20.0. The number of ether oxygens (including phenoxy) is 1. The highest BCUT2D eigenvalue weighted by Gasteiger charge is 2.02. The van der Waals surface area contributed by atoms with Gasteiger partial charge in [0.05, 0.1) is 29.9 Å². The Labute approximate surface area is 231 Å². The first kappa shape index (κ1) is 26.1. The third-order valence-corrected chi connectivity index (χ3v) is 5.89. The highest BCUT2D eigenvalue weighted by molar-refractivity contribution is 5.71. The Morgan fingerprint density at radius 2 is 0.750 bits per heavy atom. The highest BCUT2D eigenvalue weighted by Crippen LogP contribution is 2.29.